The highest BCUT2D eigenvalue weighted by Crippen LogP contribution is 2.22. The lowest BCUT2D eigenvalue weighted by atomic mass is 9.96. The molecule has 4 nitrogen and oxygen atoms in total. The molecule has 5 heteroatoms. The Labute approximate surface area is 137 Å². The number of piperidine rings is 1. The third-order valence-corrected chi connectivity index (χ3v) is 4.71. The minimum Gasteiger partial charge on any atom is -0.378 e. The van der Waals surface area contributed by atoms with Gasteiger partial charge in [-0.1, -0.05) is 23.7 Å². The maximum atomic E-state index is 12.6. The second-order valence-electron chi connectivity index (χ2n) is 6.14. The quantitative estimate of drug-likeness (QED) is 0.856. The van der Waals surface area contributed by atoms with Crippen LogP contribution in [0, 0.1) is 5.92 Å². The number of benzene rings is 1. The van der Waals surface area contributed by atoms with E-state index >= 15 is 0 Å². The number of hydrogen-bond acceptors (Lipinski definition) is 3. The van der Waals surface area contributed by atoms with E-state index in [0.29, 0.717) is 19.1 Å². The van der Waals surface area contributed by atoms with Gasteiger partial charge in [0.2, 0.25) is 5.91 Å². The van der Waals surface area contributed by atoms with Gasteiger partial charge in [-0.15, -0.1) is 0 Å². The average Bonchev–Trinajstić information content (AvgIpc) is 2.55. The number of likely N-dealkylation sites (tertiary alicyclic amines) is 1. The molecule has 0 aromatic heterocycles. The third kappa shape index (κ3) is 4.00. The molecule has 0 aliphatic carbocycles. The summed E-state index contributed by atoms with van der Waals surface area (Å²) in [7, 11) is 0. The van der Waals surface area contributed by atoms with Gasteiger partial charge in [0.15, 0.2) is 0 Å². The molecule has 22 heavy (non-hydrogen) atoms. The first-order chi connectivity index (χ1) is 10.7. The van der Waals surface area contributed by atoms with Crippen molar-refractivity contribution in [3.8, 4) is 0 Å². The molecule has 2 heterocycles. The number of amides is 1. The van der Waals surface area contributed by atoms with E-state index in [1.807, 2.05) is 23.1 Å². The SMILES string of the molecule is O=C(C1CCCN(Cc2cccc(Cl)c2)C1)N1CCOCC1. The van der Waals surface area contributed by atoms with Crippen LogP contribution in [0.1, 0.15) is 18.4 Å². The number of ether oxygens (including phenoxy) is 1. The summed E-state index contributed by atoms with van der Waals surface area (Å²) in [6.07, 6.45) is 2.09. The van der Waals surface area contributed by atoms with Crippen LogP contribution in [0.4, 0.5) is 0 Å². The van der Waals surface area contributed by atoms with Gasteiger partial charge in [0.25, 0.3) is 0 Å². The first-order valence-corrected chi connectivity index (χ1v) is 8.43. The van der Waals surface area contributed by atoms with Gasteiger partial charge in [0.05, 0.1) is 19.1 Å². The first kappa shape index (κ1) is 15.8. The predicted molar refractivity (Wildman–Crippen MR) is 86.9 cm³/mol. The summed E-state index contributed by atoms with van der Waals surface area (Å²) >= 11 is 6.05. The van der Waals surface area contributed by atoms with Crippen LogP contribution >= 0.6 is 11.6 Å². The molecule has 0 N–H and O–H groups in total. The number of morpholine rings is 1. The largest absolute Gasteiger partial charge is 0.378 e. The molecule has 2 saturated heterocycles. The van der Waals surface area contributed by atoms with Gasteiger partial charge in [0.1, 0.15) is 0 Å². The molecule has 0 spiro atoms. The van der Waals surface area contributed by atoms with Gasteiger partial charge in [-0.2, -0.15) is 0 Å². The molecule has 0 saturated carbocycles. The predicted octanol–water partition coefficient (Wildman–Crippen LogP) is 2.41. The fourth-order valence-electron chi connectivity index (χ4n) is 3.34. The van der Waals surface area contributed by atoms with Crippen LogP contribution in [0.2, 0.25) is 5.02 Å². The molecular weight excluding hydrogens is 300 g/mol. The van der Waals surface area contributed by atoms with Crippen molar-refractivity contribution in [2.24, 2.45) is 5.92 Å². The molecule has 1 unspecified atom stereocenters. The van der Waals surface area contributed by atoms with Gasteiger partial charge in [0, 0.05) is 31.2 Å². The van der Waals surface area contributed by atoms with Crippen molar-refractivity contribution < 1.29 is 9.53 Å². The molecule has 2 fully saturated rings. The summed E-state index contributed by atoms with van der Waals surface area (Å²) in [5, 5.41) is 0.774. The van der Waals surface area contributed by atoms with Crippen molar-refractivity contribution in [2.75, 3.05) is 39.4 Å². The monoisotopic (exact) mass is 322 g/mol. The van der Waals surface area contributed by atoms with Gasteiger partial charge < -0.3 is 9.64 Å². The van der Waals surface area contributed by atoms with Crippen LogP contribution in [0.25, 0.3) is 0 Å². The summed E-state index contributed by atoms with van der Waals surface area (Å²) in [5.41, 5.74) is 1.21. The zero-order valence-electron chi connectivity index (χ0n) is 12.8. The van der Waals surface area contributed by atoms with Crippen molar-refractivity contribution in [1.29, 1.82) is 0 Å². The third-order valence-electron chi connectivity index (χ3n) is 4.47. The Balaban J connectivity index is 1.57. The normalized spacial score (nSPS) is 23.5. The minimum absolute atomic E-state index is 0.131. The average molecular weight is 323 g/mol. The Morgan fingerprint density at radius 3 is 2.86 bits per heavy atom. The van der Waals surface area contributed by atoms with E-state index < -0.39 is 0 Å². The van der Waals surface area contributed by atoms with E-state index in [1.165, 1.54) is 5.56 Å². The highest BCUT2D eigenvalue weighted by molar-refractivity contribution is 6.30. The van der Waals surface area contributed by atoms with E-state index in [9.17, 15) is 4.79 Å². The van der Waals surface area contributed by atoms with Crippen molar-refractivity contribution >= 4 is 17.5 Å². The highest BCUT2D eigenvalue weighted by Gasteiger charge is 2.29. The number of hydrogen-bond donors (Lipinski definition) is 0. The molecule has 2 aliphatic heterocycles. The molecule has 1 aromatic rings. The summed E-state index contributed by atoms with van der Waals surface area (Å²) in [5.74, 6) is 0.435. The van der Waals surface area contributed by atoms with Crippen molar-refractivity contribution in [2.45, 2.75) is 19.4 Å². The zero-order valence-corrected chi connectivity index (χ0v) is 13.6. The zero-order chi connectivity index (χ0) is 15.4. The summed E-state index contributed by atoms with van der Waals surface area (Å²) in [6, 6.07) is 7.98. The van der Waals surface area contributed by atoms with Crippen LogP contribution in [0.3, 0.4) is 0 Å². The van der Waals surface area contributed by atoms with E-state index in [1.54, 1.807) is 0 Å². The van der Waals surface area contributed by atoms with Crippen LogP contribution in [-0.2, 0) is 16.1 Å². The van der Waals surface area contributed by atoms with E-state index in [4.69, 9.17) is 16.3 Å². The topological polar surface area (TPSA) is 32.8 Å². The lowest BCUT2D eigenvalue weighted by Crippen LogP contribution is -2.48. The van der Waals surface area contributed by atoms with Crippen molar-refractivity contribution in [1.82, 2.24) is 9.80 Å². The molecule has 0 bridgehead atoms. The first-order valence-electron chi connectivity index (χ1n) is 8.06. The van der Waals surface area contributed by atoms with Gasteiger partial charge in [-0.05, 0) is 37.1 Å². The highest BCUT2D eigenvalue weighted by atomic mass is 35.5. The van der Waals surface area contributed by atoms with E-state index in [0.717, 1.165) is 50.6 Å². The molecule has 1 atom stereocenters. The molecule has 2 aliphatic rings. The van der Waals surface area contributed by atoms with E-state index in [-0.39, 0.29) is 5.92 Å². The minimum atomic E-state index is 0.131. The summed E-state index contributed by atoms with van der Waals surface area (Å²) < 4.78 is 5.33. The molecular formula is C17H23ClN2O2. The Hall–Kier alpha value is -1.10. The lowest BCUT2D eigenvalue weighted by Gasteiger charge is -2.36. The maximum absolute atomic E-state index is 12.6. The Bertz CT molecular complexity index is 517. The lowest BCUT2D eigenvalue weighted by molar-refractivity contribution is -0.141. The van der Waals surface area contributed by atoms with Crippen LogP contribution < -0.4 is 0 Å². The van der Waals surface area contributed by atoms with Crippen molar-refractivity contribution in [3.05, 3.63) is 34.9 Å². The number of halogens is 1. The van der Waals surface area contributed by atoms with Gasteiger partial charge >= 0.3 is 0 Å². The van der Waals surface area contributed by atoms with Crippen LogP contribution in [0.15, 0.2) is 24.3 Å². The Morgan fingerprint density at radius 1 is 1.27 bits per heavy atom. The smallest absolute Gasteiger partial charge is 0.227 e. The van der Waals surface area contributed by atoms with E-state index in [2.05, 4.69) is 11.0 Å². The Morgan fingerprint density at radius 2 is 2.09 bits per heavy atom. The fraction of sp³-hybridized carbons (Fsp3) is 0.588. The standard InChI is InChI=1S/C17H23ClN2O2/c18-16-5-1-3-14(11-16)12-19-6-2-4-15(13-19)17(21)20-7-9-22-10-8-20/h1,3,5,11,15H,2,4,6-10,12-13H2. The number of carbonyl (C=O) groups excluding carboxylic acids is 1. The van der Waals surface area contributed by atoms with Gasteiger partial charge in [-0.25, -0.2) is 0 Å². The molecule has 1 aromatic carbocycles. The van der Waals surface area contributed by atoms with Gasteiger partial charge in [-0.3, -0.25) is 9.69 Å². The van der Waals surface area contributed by atoms with Crippen molar-refractivity contribution in [3.63, 3.8) is 0 Å². The second kappa shape index (κ2) is 7.44. The van der Waals surface area contributed by atoms with Crippen LogP contribution in [0.5, 0.6) is 0 Å². The second-order valence-corrected chi connectivity index (χ2v) is 6.58. The molecule has 120 valence electrons. The van der Waals surface area contributed by atoms with Crippen LogP contribution in [-0.4, -0.2) is 55.1 Å². The molecule has 3 rings (SSSR count). The number of rotatable bonds is 3. The Kier molecular flexibility index (Phi) is 5.34. The maximum Gasteiger partial charge on any atom is 0.227 e. The summed E-state index contributed by atoms with van der Waals surface area (Å²) in [4.78, 5) is 17.0. The number of nitrogens with zero attached hydrogens (tertiary/aromatic N) is 2. The molecule has 1 amide bonds. The fourth-order valence-corrected chi connectivity index (χ4v) is 3.55. The summed E-state index contributed by atoms with van der Waals surface area (Å²) in [6.45, 7) is 5.60. The number of carbonyl (C=O) groups is 1. The molecule has 0 radical (unpaired) electrons.